The summed E-state index contributed by atoms with van der Waals surface area (Å²) in [6.45, 7) is 3.57. The minimum Gasteiger partial charge on any atom is -0.495 e. The molecule has 0 radical (unpaired) electrons. The van der Waals surface area contributed by atoms with Crippen LogP contribution in [-0.2, 0) is 20.9 Å². The van der Waals surface area contributed by atoms with Gasteiger partial charge in [-0.15, -0.1) is 0 Å². The number of hydrogen-bond donors (Lipinski definition) is 4. The van der Waals surface area contributed by atoms with Gasteiger partial charge < -0.3 is 29.7 Å². The van der Waals surface area contributed by atoms with E-state index >= 15 is 0 Å². The normalized spacial score (nSPS) is 19.2. The molecule has 14 nitrogen and oxygen atoms in total. The quantitative estimate of drug-likeness (QED) is 0.179. The first-order chi connectivity index (χ1) is 20.5. The molecular formula is C27H31F3N4O10. The molecule has 0 spiro atoms. The number of aliphatic hydroxyl groups excluding tert-OH is 2. The van der Waals surface area contributed by atoms with Crippen LogP contribution in [0.4, 0.5) is 18.9 Å². The number of aliphatic hydroxyl groups is 2. The van der Waals surface area contributed by atoms with E-state index in [1.807, 2.05) is 0 Å². The molecule has 2 aromatic rings. The van der Waals surface area contributed by atoms with Crippen LogP contribution in [0.5, 0.6) is 5.75 Å². The second-order valence-corrected chi connectivity index (χ2v) is 10.8. The fourth-order valence-corrected chi connectivity index (χ4v) is 4.46. The number of ether oxygens (including phenoxy) is 3. The number of H-pyrrole nitrogens is 1. The maximum atomic E-state index is 12.6. The van der Waals surface area contributed by atoms with Crippen LogP contribution in [0.3, 0.4) is 0 Å². The molecule has 1 amide bonds. The number of aromatic amines is 1. The molecule has 0 bridgehead atoms. The summed E-state index contributed by atoms with van der Waals surface area (Å²) in [5.74, 6) is 2.59. The summed E-state index contributed by atoms with van der Waals surface area (Å²) in [4.78, 5) is 49.6. The second-order valence-electron chi connectivity index (χ2n) is 10.8. The molecule has 0 saturated carbocycles. The van der Waals surface area contributed by atoms with Crippen LogP contribution in [0.25, 0.3) is 0 Å². The molecule has 4 atom stereocenters. The van der Waals surface area contributed by atoms with Crippen LogP contribution in [0.1, 0.15) is 56.2 Å². The Morgan fingerprint density at radius 2 is 2.00 bits per heavy atom. The first-order valence-electron chi connectivity index (χ1n) is 13.1. The van der Waals surface area contributed by atoms with E-state index in [2.05, 4.69) is 16.8 Å². The third-order valence-corrected chi connectivity index (χ3v) is 6.57. The predicted octanol–water partition coefficient (Wildman–Crippen LogP) is 1.43. The topological polar surface area (TPSA) is 195 Å². The third-order valence-electron chi connectivity index (χ3n) is 6.57. The highest BCUT2D eigenvalue weighted by Gasteiger charge is 2.38. The zero-order chi connectivity index (χ0) is 33.0. The van der Waals surface area contributed by atoms with Crippen molar-refractivity contribution in [3.05, 3.63) is 66.0 Å². The van der Waals surface area contributed by atoms with E-state index in [0.717, 1.165) is 10.6 Å². The SMILES string of the molecule is COc1cc([C@@H](OCc2cn([C@@H]3CC(O)[C@H](CO)O3)c(=O)[nH]c2=O)C(C)(C)C)c([N+](=O)[O-])cc1C#CCNC(=O)C(F)(F)F. The third kappa shape index (κ3) is 8.02. The summed E-state index contributed by atoms with van der Waals surface area (Å²) < 4.78 is 55.1. The molecule has 1 aromatic heterocycles. The Balaban J connectivity index is 1.95. The van der Waals surface area contributed by atoms with Gasteiger partial charge in [0.15, 0.2) is 0 Å². The lowest BCUT2D eigenvalue weighted by Gasteiger charge is -2.31. The molecule has 1 aromatic carbocycles. The smallest absolute Gasteiger partial charge is 0.471 e. The number of carbonyl (C=O) groups is 1. The molecule has 1 saturated heterocycles. The number of carbonyl (C=O) groups excluding carboxylic acids is 1. The number of nitro benzene ring substituents is 1. The van der Waals surface area contributed by atoms with Crippen molar-refractivity contribution < 1.29 is 47.3 Å². The van der Waals surface area contributed by atoms with Gasteiger partial charge in [-0.2, -0.15) is 13.2 Å². The van der Waals surface area contributed by atoms with E-state index in [1.54, 1.807) is 26.1 Å². The predicted molar refractivity (Wildman–Crippen MR) is 146 cm³/mol. The summed E-state index contributed by atoms with van der Waals surface area (Å²) >= 11 is 0. The lowest BCUT2D eigenvalue weighted by Crippen LogP contribution is -2.36. The van der Waals surface area contributed by atoms with E-state index in [4.69, 9.17) is 14.2 Å². The number of amides is 1. The maximum absolute atomic E-state index is 12.6. The molecule has 3 rings (SSSR count). The molecule has 44 heavy (non-hydrogen) atoms. The summed E-state index contributed by atoms with van der Waals surface area (Å²) in [5.41, 5.74) is -2.94. The number of nitrogens with zero attached hydrogens (tertiary/aromatic N) is 2. The first kappa shape index (κ1) is 34.3. The zero-order valence-electron chi connectivity index (χ0n) is 24.1. The Morgan fingerprint density at radius 3 is 2.55 bits per heavy atom. The zero-order valence-corrected chi connectivity index (χ0v) is 24.1. The van der Waals surface area contributed by atoms with Crippen molar-refractivity contribution in [2.24, 2.45) is 5.41 Å². The fourth-order valence-electron chi connectivity index (χ4n) is 4.46. The standard InChI is InChI=1S/C27H31F3N4O10/c1-26(2,3)22(43-13-15-11-33(25(39)32-23(15)37)21-10-18(36)20(12-35)44-21)16-9-19(42-4)14(8-17(16)34(40)41)6-5-7-31-24(38)27(28,29)30/h8-9,11,18,20-22,35-36H,7,10,12-13H2,1-4H3,(H,31,38)(H,32,37,39)/t18?,20-,21-,22+/m0/s1. The summed E-state index contributed by atoms with van der Waals surface area (Å²) in [6.07, 6.45) is -7.94. The number of methoxy groups -OCH3 is 1. The van der Waals surface area contributed by atoms with Gasteiger partial charge in [-0.3, -0.25) is 29.3 Å². The van der Waals surface area contributed by atoms with Gasteiger partial charge in [-0.05, 0) is 11.5 Å². The largest absolute Gasteiger partial charge is 0.495 e. The van der Waals surface area contributed by atoms with Crippen molar-refractivity contribution in [2.75, 3.05) is 20.3 Å². The Morgan fingerprint density at radius 1 is 1.32 bits per heavy atom. The van der Waals surface area contributed by atoms with Crippen molar-refractivity contribution in [2.45, 2.75) is 64.5 Å². The van der Waals surface area contributed by atoms with E-state index in [-0.39, 0.29) is 28.9 Å². The molecule has 2 heterocycles. The fraction of sp³-hybridized carbons (Fsp3) is 0.519. The van der Waals surface area contributed by atoms with Gasteiger partial charge in [-0.25, -0.2) is 4.79 Å². The van der Waals surface area contributed by atoms with E-state index < -0.39 is 83.7 Å². The van der Waals surface area contributed by atoms with Gasteiger partial charge in [0.05, 0.1) is 60.7 Å². The molecule has 1 unspecified atom stereocenters. The number of benzene rings is 1. The number of nitro groups is 1. The average Bonchev–Trinajstić information content (AvgIpc) is 3.30. The highest BCUT2D eigenvalue weighted by atomic mass is 19.4. The summed E-state index contributed by atoms with van der Waals surface area (Å²) in [5, 5.41) is 33.1. The van der Waals surface area contributed by atoms with Crippen LogP contribution in [0.2, 0.25) is 0 Å². The van der Waals surface area contributed by atoms with Crippen molar-refractivity contribution in [1.29, 1.82) is 0 Å². The van der Waals surface area contributed by atoms with Gasteiger partial charge >= 0.3 is 17.8 Å². The van der Waals surface area contributed by atoms with Crippen molar-refractivity contribution in [1.82, 2.24) is 14.9 Å². The maximum Gasteiger partial charge on any atom is 0.471 e. The lowest BCUT2D eigenvalue weighted by atomic mass is 9.83. The number of aromatic nitrogens is 2. The second kappa shape index (κ2) is 13.6. The van der Waals surface area contributed by atoms with E-state index in [0.29, 0.717) is 0 Å². The molecule has 17 heteroatoms. The molecular weight excluding hydrogens is 597 g/mol. The molecule has 0 aliphatic carbocycles. The van der Waals surface area contributed by atoms with Crippen LogP contribution >= 0.6 is 0 Å². The first-order valence-corrected chi connectivity index (χ1v) is 13.1. The van der Waals surface area contributed by atoms with Gasteiger partial charge in [0.25, 0.3) is 11.2 Å². The van der Waals surface area contributed by atoms with Crippen LogP contribution in [-0.4, -0.2) is 69.2 Å². The van der Waals surface area contributed by atoms with Crippen LogP contribution < -0.4 is 21.3 Å². The van der Waals surface area contributed by atoms with Crippen molar-refractivity contribution in [3.8, 4) is 17.6 Å². The minimum absolute atomic E-state index is 0.0277. The van der Waals surface area contributed by atoms with Gasteiger partial charge in [0, 0.05) is 18.7 Å². The number of nitrogens with one attached hydrogen (secondary N) is 2. The van der Waals surface area contributed by atoms with Crippen molar-refractivity contribution in [3.63, 3.8) is 0 Å². The Hall–Kier alpha value is -4.24. The highest BCUT2D eigenvalue weighted by molar-refractivity contribution is 5.81. The number of alkyl halides is 3. The van der Waals surface area contributed by atoms with Gasteiger partial charge in [0.2, 0.25) is 0 Å². The van der Waals surface area contributed by atoms with Crippen LogP contribution in [0.15, 0.2) is 27.9 Å². The Kier molecular flexibility index (Phi) is 10.6. The van der Waals surface area contributed by atoms with Gasteiger partial charge in [0.1, 0.15) is 18.1 Å². The molecule has 4 N–H and O–H groups in total. The van der Waals surface area contributed by atoms with E-state index in [9.17, 15) is 47.9 Å². The number of rotatable bonds is 9. The lowest BCUT2D eigenvalue weighted by molar-refractivity contribution is -0.386. The van der Waals surface area contributed by atoms with Crippen molar-refractivity contribution >= 4 is 11.6 Å². The molecule has 240 valence electrons. The number of hydrogen-bond acceptors (Lipinski definition) is 10. The van der Waals surface area contributed by atoms with Gasteiger partial charge in [-0.1, -0.05) is 32.6 Å². The van der Waals surface area contributed by atoms with Crippen LogP contribution in [0, 0.1) is 27.4 Å². The summed E-state index contributed by atoms with van der Waals surface area (Å²) in [6, 6.07) is 2.35. The monoisotopic (exact) mass is 628 g/mol. The molecule has 1 aliphatic rings. The highest BCUT2D eigenvalue weighted by Crippen LogP contribution is 2.43. The summed E-state index contributed by atoms with van der Waals surface area (Å²) in [7, 11) is 1.25. The molecule has 1 fully saturated rings. The Labute approximate surface area is 247 Å². The minimum atomic E-state index is -5.10. The average molecular weight is 629 g/mol. The number of halogens is 3. The van der Waals surface area contributed by atoms with E-state index in [1.165, 1.54) is 19.4 Å². The Bertz CT molecular complexity index is 1570. The molecule has 1 aliphatic heterocycles.